The Morgan fingerprint density at radius 2 is 1.90 bits per heavy atom. The first kappa shape index (κ1) is 16.1. The predicted molar refractivity (Wildman–Crippen MR) is 79.1 cm³/mol. The molecule has 116 valence electrons. The van der Waals surface area contributed by atoms with Gasteiger partial charge in [0, 0.05) is 29.8 Å². The summed E-state index contributed by atoms with van der Waals surface area (Å²) in [5.74, 6) is 0. The number of nitrogens with one attached hydrogen (secondary N) is 1. The van der Waals surface area contributed by atoms with E-state index >= 15 is 0 Å². The Balaban J connectivity index is 1.72. The Hall–Kier alpha value is -1.31. The average Bonchev–Trinajstić information content (AvgIpc) is 2.46. The van der Waals surface area contributed by atoms with E-state index in [9.17, 15) is 13.2 Å². The Morgan fingerprint density at radius 1 is 1.29 bits per heavy atom. The summed E-state index contributed by atoms with van der Waals surface area (Å²) in [7, 11) is 1.61. The van der Waals surface area contributed by atoms with Crippen LogP contribution in [0.2, 0.25) is 0 Å². The number of ether oxygens (including phenoxy) is 1. The summed E-state index contributed by atoms with van der Waals surface area (Å²) in [6, 6.07) is 9.29. The van der Waals surface area contributed by atoms with E-state index in [4.69, 9.17) is 15.4 Å². The molecule has 0 radical (unpaired) electrons. The standard InChI is InChI=1S/C13H17ClN2O4S/c14-21(18,19)16-8-6-12(7-9-16)15-13(17)20-10-11-4-2-1-3-5-11/h1-5,12H,6-10H2,(H,15,17). The highest BCUT2D eigenvalue weighted by Crippen LogP contribution is 2.16. The summed E-state index contributed by atoms with van der Waals surface area (Å²) in [5.41, 5.74) is 0.913. The molecule has 1 aromatic carbocycles. The van der Waals surface area contributed by atoms with Crippen LogP contribution < -0.4 is 5.32 Å². The molecular weight excluding hydrogens is 316 g/mol. The van der Waals surface area contributed by atoms with Crippen LogP contribution in [0.5, 0.6) is 0 Å². The predicted octanol–water partition coefficient (Wildman–Crippen LogP) is 1.86. The molecule has 21 heavy (non-hydrogen) atoms. The van der Waals surface area contributed by atoms with E-state index in [0.29, 0.717) is 25.9 Å². The minimum Gasteiger partial charge on any atom is -0.445 e. The molecular formula is C13H17ClN2O4S. The minimum atomic E-state index is -3.66. The molecule has 1 fully saturated rings. The molecule has 0 aromatic heterocycles. The van der Waals surface area contributed by atoms with Crippen molar-refractivity contribution in [3.05, 3.63) is 35.9 Å². The third-order valence-electron chi connectivity index (χ3n) is 3.30. The third-order valence-corrected chi connectivity index (χ3v) is 4.86. The zero-order chi connectivity index (χ0) is 15.3. The molecule has 6 nitrogen and oxygen atoms in total. The van der Waals surface area contributed by atoms with Crippen LogP contribution in [0.3, 0.4) is 0 Å². The number of nitrogens with zero attached hydrogens (tertiary/aromatic N) is 1. The fourth-order valence-corrected chi connectivity index (χ4v) is 3.21. The van der Waals surface area contributed by atoms with Crippen LogP contribution in [-0.2, 0) is 20.6 Å². The number of alkyl carbamates (subject to hydrolysis) is 1. The van der Waals surface area contributed by atoms with Crippen molar-refractivity contribution < 1.29 is 17.9 Å². The maximum Gasteiger partial charge on any atom is 0.407 e. The van der Waals surface area contributed by atoms with Gasteiger partial charge in [0.15, 0.2) is 0 Å². The number of rotatable bonds is 4. The Morgan fingerprint density at radius 3 is 2.48 bits per heavy atom. The maximum absolute atomic E-state index is 11.7. The van der Waals surface area contributed by atoms with Gasteiger partial charge in [-0.1, -0.05) is 30.3 Å². The largest absolute Gasteiger partial charge is 0.445 e. The average molecular weight is 333 g/mol. The van der Waals surface area contributed by atoms with Gasteiger partial charge in [-0.3, -0.25) is 0 Å². The Bertz CT molecular complexity index is 571. The van der Waals surface area contributed by atoms with Crippen molar-refractivity contribution >= 4 is 26.0 Å². The minimum absolute atomic E-state index is 0.0945. The van der Waals surface area contributed by atoms with Crippen molar-refractivity contribution in [2.75, 3.05) is 13.1 Å². The fourth-order valence-electron chi connectivity index (χ4n) is 2.15. The lowest BCUT2D eigenvalue weighted by atomic mass is 10.1. The van der Waals surface area contributed by atoms with E-state index in [2.05, 4.69) is 5.32 Å². The van der Waals surface area contributed by atoms with Crippen molar-refractivity contribution in [2.45, 2.75) is 25.5 Å². The summed E-state index contributed by atoms with van der Waals surface area (Å²) in [6.45, 7) is 0.812. The Kier molecular flexibility index (Phi) is 5.44. The van der Waals surface area contributed by atoms with E-state index in [-0.39, 0.29) is 12.6 Å². The summed E-state index contributed by atoms with van der Waals surface area (Å²) in [6.07, 6.45) is 0.546. The van der Waals surface area contributed by atoms with Gasteiger partial charge < -0.3 is 10.1 Å². The van der Waals surface area contributed by atoms with Gasteiger partial charge in [-0.15, -0.1) is 0 Å². The second kappa shape index (κ2) is 7.11. The second-order valence-corrected chi connectivity index (χ2v) is 7.33. The number of halogens is 1. The fraction of sp³-hybridized carbons (Fsp3) is 0.462. The highest BCUT2D eigenvalue weighted by Gasteiger charge is 2.27. The first-order valence-electron chi connectivity index (χ1n) is 6.62. The van der Waals surface area contributed by atoms with Crippen molar-refractivity contribution in [2.24, 2.45) is 0 Å². The summed E-state index contributed by atoms with van der Waals surface area (Å²) >= 11 is 0. The lowest BCUT2D eigenvalue weighted by molar-refractivity contribution is 0.131. The molecule has 1 saturated heterocycles. The molecule has 0 aliphatic carbocycles. The molecule has 0 bridgehead atoms. The third kappa shape index (κ3) is 5.18. The van der Waals surface area contributed by atoms with Crippen molar-refractivity contribution in [3.8, 4) is 0 Å². The van der Waals surface area contributed by atoms with Gasteiger partial charge in [0.2, 0.25) is 0 Å². The number of carbonyl (C=O) groups is 1. The number of amides is 1. The van der Waals surface area contributed by atoms with Crippen LogP contribution in [0, 0.1) is 0 Å². The van der Waals surface area contributed by atoms with Gasteiger partial charge in [-0.2, -0.15) is 12.7 Å². The molecule has 0 spiro atoms. The van der Waals surface area contributed by atoms with E-state index in [1.54, 1.807) is 0 Å². The van der Waals surface area contributed by atoms with Gasteiger partial charge in [0.1, 0.15) is 6.61 Å². The van der Waals surface area contributed by atoms with Crippen LogP contribution in [0.1, 0.15) is 18.4 Å². The Labute approximate surface area is 128 Å². The highest BCUT2D eigenvalue weighted by atomic mass is 35.7. The molecule has 1 heterocycles. The lowest BCUT2D eigenvalue weighted by Crippen LogP contribution is -2.45. The molecule has 0 atom stereocenters. The molecule has 8 heteroatoms. The normalized spacial score (nSPS) is 17.4. The number of piperidine rings is 1. The van der Waals surface area contributed by atoms with Crippen LogP contribution in [0.15, 0.2) is 30.3 Å². The molecule has 1 amide bonds. The van der Waals surface area contributed by atoms with Crippen LogP contribution in [-0.4, -0.2) is 37.9 Å². The van der Waals surface area contributed by atoms with Crippen LogP contribution in [0.25, 0.3) is 0 Å². The summed E-state index contributed by atoms with van der Waals surface area (Å²) in [4.78, 5) is 11.7. The number of hydrogen-bond acceptors (Lipinski definition) is 4. The zero-order valence-corrected chi connectivity index (χ0v) is 12.9. The zero-order valence-electron chi connectivity index (χ0n) is 11.4. The first-order valence-corrected chi connectivity index (χ1v) is 8.89. The van der Waals surface area contributed by atoms with Crippen molar-refractivity contribution in [1.29, 1.82) is 0 Å². The van der Waals surface area contributed by atoms with E-state index in [1.807, 2.05) is 30.3 Å². The molecule has 2 rings (SSSR count). The van der Waals surface area contributed by atoms with Crippen molar-refractivity contribution in [1.82, 2.24) is 9.62 Å². The number of benzene rings is 1. The SMILES string of the molecule is O=C(NC1CCN(S(=O)(=O)Cl)CC1)OCc1ccccc1. The van der Waals surface area contributed by atoms with E-state index < -0.39 is 15.3 Å². The van der Waals surface area contributed by atoms with Gasteiger partial charge >= 0.3 is 6.09 Å². The molecule has 1 aliphatic heterocycles. The van der Waals surface area contributed by atoms with E-state index in [0.717, 1.165) is 5.56 Å². The number of carbonyl (C=O) groups excluding carboxylic acids is 1. The first-order chi connectivity index (χ1) is 9.95. The smallest absolute Gasteiger partial charge is 0.407 e. The maximum atomic E-state index is 11.7. The molecule has 0 saturated carbocycles. The van der Waals surface area contributed by atoms with Gasteiger partial charge in [-0.05, 0) is 18.4 Å². The molecule has 0 unspecified atom stereocenters. The van der Waals surface area contributed by atoms with Crippen LogP contribution in [0.4, 0.5) is 4.79 Å². The summed E-state index contributed by atoms with van der Waals surface area (Å²) < 4.78 is 28.6. The monoisotopic (exact) mass is 332 g/mol. The molecule has 1 N–H and O–H groups in total. The molecule has 1 aromatic rings. The quantitative estimate of drug-likeness (QED) is 0.854. The highest BCUT2D eigenvalue weighted by molar-refractivity contribution is 8.11. The van der Waals surface area contributed by atoms with Crippen LogP contribution >= 0.6 is 10.7 Å². The van der Waals surface area contributed by atoms with Gasteiger partial charge in [-0.25, -0.2) is 4.79 Å². The second-order valence-electron chi connectivity index (χ2n) is 4.82. The van der Waals surface area contributed by atoms with Gasteiger partial charge in [0.05, 0.1) is 0 Å². The van der Waals surface area contributed by atoms with Gasteiger partial charge in [0.25, 0.3) is 9.24 Å². The topological polar surface area (TPSA) is 75.7 Å². The van der Waals surface area contributed by atoms with Crippen molar-refractivity contribution in [3.63, 3.8) is 0 Å². The molecule has 1 aliphatic rings. The van der Waals surface area contributed by atoms with E-state index in [1.165, 1.54) is 4.31 Å². The summed E-state index contributed by atoms with van der Waals surface area (Å²) in [5, 5.41) is 2.74. The lowest BCUT2D eigenvalue weighted by Gasteiger charge is -2.29. The number of hydrogen-bond donors (Lipinski definition) is 1.